The van der Waals surface area contributed by atoms with Crippen molar-refractivity contribution in [3.8, 4) is 5.75 Å². The highest BCUT2D eigenvalue weighted by Crippen LogP contribution is 2.20. The van der Waals surface area contributed by atoms with Gasteiger partial charge in [0.1, 0.15) is 11.8 Å². The highest BCUT2D eigenvalue weighted by atomic mass is 79.9. The summed E-state index contributed by atoms with van der Waals surface area (Å²) in [7, 11) is 0. The van der Waals surface area contributed by atoms with Crippen LogP contribution in [0.15, 0.2) is 77.3 Å². The molecule has 0 saturated carbocycles. The summed E-state index contributed by atoms with van der Waals surface area (Å²) in [5, 5.41) is 3.04. The number of amides is 2. The predicted molar refractivity (Wildman–Crippen MR) is 148 cm³/mol. The molecule has 0 heterocycles. The van der Waals surface area contributed by atoms with Gasteiger partial charge >= 0.3 is 0 Å². The Bertz CT molecular complexity index is 1160. The summed E-state index contributed by atoms with van der Waals surface area (Å²) in [5.74, 6) is 0.530. The summed E-state index contributed by atoms with van der Waals surface area (Å²) in [6, 6.07) is 22.7. The summed E-state index contributed by atoms with van der Waals surface area (Å²) in [5.41, 5.74) is 4.18. The highest BCUT2D eigenvalue weighted by molar-refractivity contribution is 9.10. The second-order valence-corrected chi connectivity index (χ2v) is 10.4. The van der Waals surface area contributed by atoms with Gasteiger partial charge in [-0.1, -0.05) is 78.3 Å². The molecule has 1 atom stereocenters. The van der Waals surface area contributed by atoms with Gasteiger partial charge < -0.3 is 15.0 Å². The quantitative estimate of drug-likeness (QED) is 0.325. The lowest BCUT2D eigenvalue weighted by molar-refractivity contribution is -0.142. The molecule has 0 radical (unpaired) electrons. The summed E-state index contributed by atoms with van der Waals surface area (Å²) in [6.07, 6.45) is 0.411. The number of nitrogens with one attached hydrogen (secondary N) is 1. The molecule has 0 spiro atoms. The lowest BCUT2D eigenvalue weighted by atomic mass is 10.0. The number of halogens is 1. The SMILES string of the molecule is Cc1ccc(OCC(=O)N(Cc2cccc(Br)c2)[C@H](Cc2ccccc2)C(=O)NCC(C)C)cc1C. The van der Waals surface area contributed by atoms with Gasteiger partial charge in [0.05, 0.1) is 0 Å². The van der Waals surface area contributed by atoms with Crippen LogP contribution in [0.3, 0.4) is 0 Å². The average molecular weight is 552 g/mol. The van der Waals surface area contributed by atoms with Crippen molar-refractivity contribution in [2.75, 3.05) is 13.2 Å². The van der Waals surface area contributed by atoms with E-state index in [4.69, 9.17) is 4.74 Å². The molecule has 3 rings (SSSR count). The first-order chi connectivity index (χ1) is 17.2. The van der Waals surface area contributed by atoms with Gasteiger partial charge in [-0.2, -0.15) is 0 Å². The molecule has 3 aromatic carbocycles. The van der Waals surface area contributed by atoms with Gasteiger partial charge in [0, 0.05) is 24.0 Å². The Hall–Kier alpha value is -3.12. The molecule has 2 amide bonds. The molecule has 3 aromatic rings. The van der Waals surface area contributed by atoms with Crippen molar-refractivity contribution in [2.24, 2.45) is 5.92 Å². The molecule has 0 bridgehead atoms. The van der Waals surface area contributed by atoms with E-state index in [2.05, 4.69) is 21.2 Å². The van der Waals surface area contributed by atoms with Crippen LogP contribution in [0, 0.1) is 19.8 Å². The zero-order valence-electron chi connectivity index (χ0n) is 21.5. The number of aryl methyl sites for hydroxylation is 2. The molecule has 190 valence electrons. The lowest BCUT2D eigenvalue weighted by Gasteiger charge is -2.31. The van der Waals surface area contributed by atoms with Crippen molar-refractivity contribution in [3.05, 3.63) is 99.5 Å². The number of benzene rings is 3. The topological polar surface area (TPSA) is 58.6 Å². The second-order valence-electron chi connectivity index (χ2n) is 9.53. The van der Waals surface area contributed by atoms with Gasteiger partial charge in [-0.05, 0) is 66.3 Å². The van der Waals surface area contributed by atoms with Crippen molar-refractivity contribution in [1.29, 1.82) is 0 Å². The number of ether oxygens (including phenoxy) is 1. The van der Waals surface area contributed by atoms with Crippen LogP contribution in [-0.4, -0.2) is 35.9 Å². The Morgan fingerprint density at radius 3 is 2.31 bits per heavy atom. The standard InChI is InChI=1S/C30H35BrN2O3/c1-21(2)18-32-30(35)28(17-24-9-6-5-7-10-24)33(19-25-11-8-12-26(31)16-25)29(34)20-36-27-14-13-22(3)23(4)15-27/h5-16,21,28H,17-20H2,1-4H3,(H,32,35)/t28-/m1/s1. The zero-order valence-corrected chi connectivity index (χ0v) is 23.0. The molecule has 0 aliphatic carbocycles. The van der Waals surface area contributed by atoms with Crippen LogP contribution in [0.5, 0.6) is 5.75 Å². The van der Waals surface area contributed by atoms with Gasteiger partial charge in [-0.15, -0.1) is 0 Å². The van der Waals surface area contributed by atoms with E-state index in [9.17, 15) is 9.59 Å². The third kappa shape index (κ3) is 8.23. The average Bonchev–Trinajstić information content (AvgIpc) is 2.86. The van der Waals surface area contributed by atoms with Gasteiger partial charge in [0.25, 0.3) is 5.91 Å². The minimum absolute atomic E-state index is 0.154. The van der Waals surface area contributed by atoms with Gasteiger partial charge in [0.15, 0.2) is 6.61 Å². The zero-order chi connectivity index (χ0) is 26.1. The largest absolute Gasteiger partial charge is 0.484 e. The molecule has 6 heteroatoms. The van der Waals surface area contributed by atoms with Gasteiger partial charge in [-0.3, -0.25) is 9.59 Å². The van der Waals surface area contributed by atoms with Crippen LogP contribution in [0.1, 0.15) is 36.1 Å². The first kappa shape index (κ1) is 27.5. The smallest absolute Gasteiger partial charge is 0.261 e. The minimum Gasteiger partial charge on any atom is -0.484 e. The Morgan fingerprint density at radius 2 is 1.64 bits per heavy atom. The van der Waals surface area contributed by atoms with Crippen LogP contribution in [0.2, 0.25) is 0 Å². The number of nitrogens with zero attached hydrogens (tertiary/aromatic N) is 1. The summed E-state index contributed by atoms with van der Waals surface area (Å²) in [6.45, 7) is 8.83. The number of hydrogen-bond donors (Lipinski definition) is 1. The molecule has 1 N–H and O–H groups in total. The molecular weight excluding hydrogens is 516 g/mol. The van der Waals surface area contributed by atoms with Crippen molar-refractivity contribution < 1.29 is 14.3 Å². The van der Waals surface area contributed by atoms with E-state index >= 15 is 0 Å². The molecule has 0 aliphatic heterocycles. The predicted octanol–water partition coefficient (Wildman–Crippen LogP) is 5.86. The number of carbonyl (C=O) groups excluding carboxylic acids is 2. The molecule has 0 unspecified atom stereocenters. The Kier molecular flexibility index (Phi) is 10.1. The normalized spacial score (nSPS) is 11.7. The van der Waals surface area contributed by atoms with Crippen LogP contribution >= 0.6 is 15.9 Å². The highest BCUT2D eigenvalue weighted by Gasteiger charge is 2.30. The molecule has 36 heavy (non-hydrogen) atoms. The van der Waals surface area contributed by atoms with Crippen molar-refractivity contribution in [3.63, 3.8) is 0 Å². The fraction of sp³-hybridized carbons (Fsp3) is 0.333. The van der Waals surface area contributed by atoms with Crippen LogP contribution in [0.4, 0.5) is 0 Å². The first-order valence-electron chi connectivity index (χ1n) is 12.3. The van der Waals surface area contributed by atoms with Crippen LogP contribution in [-0.2, 0) is 22.6 Å². The van der Waals surface area contributed by atoms with Gasteiger partial charge in [-0.25, -0.2) is 0 Å². The molecular formula is C30H35BrN2O3. The molecule has 0 saturated heterocycles. The number of hydrogen-bond acceptors (Lipinski definition) is 3. The second kappa shape index (κ2) is 13.3. The number of rotatable bonds is 11. The molecule has 0 aliphatic rings. The monoisotopic (exact) mass is 550 g/mol. The van der Waals surface area contributed by atoms with E-state index in [1.165, 1.54) is 0 Å². The van der Waals surface area contributed by atoms with Crippen molar-refractivity contribution in [2.45, 2.75) is 46.7 Å². The fourth-order valence-corrected chi connectivity index (χ4v) is 4.29. The van der Waals surface area contributed by atoms with Crippen molar-refractivity contribution in [1.82, 2.24) is 10.2 Å². The Labute approximate surface area is 223 Å². The Balaban J connectivity index is 1.90. The van der Waals surface area contributed by atoms with E-state index in [0.29, 0.717) is 31.2 Å². The van der Waals surface area contributed by atoms with E-state index in [1.807, 2.05) is 100 Å². The summed E-state index contributed by atoms with van der Waals surface area (Å²) in [4.78, 5) is 28.7. The van der Waals surface area contributed by atoms with Crippen molar-refractivity contribution >= 4 is 27.7 Å². The first-order valence-corrected chi connectivity index (χ1v) is 13.1. The summed E-state index contributed by atoms with van der Waals surface area (Å²) >= 11 is 3.52. The molecule has 5 nitrogen and oxygen atoms in total. The van der Waals surface area contributed by atoms with Crippen LogP contribution < -0.4 is 10.1 Å². The maximum atomic E-state index is 13.6. The van der Waals surface area contributed by atoms with E-state index in [0.717, 1.165) is 26.7 Å². The third-order valence-electron chi connectivity index (χ3n) is 6.04. The lowest BCUT2D eigenvalue weighted by Crippen LogP contribution is -2.52. The van der Waals surface area contributed by atoms with E-state index in [1.54, 1.807) is 4.90 Å². The Morgan fingerprint density at radius 1 is 0.917 bits per heavy atom. The van der Waals surface area contributed by atoms with E-state index < -0.39 is 6.04 Å². The summed E-state index contributed by atoms with van der Waals surface area (Å²) < 4.78 is 6.81. The maximum absolute atomic E-state index is 13.6. The minimum atomic E-state index is -0.680. The number of carbonyl (C=O) groups is 2. The van der Waals surface area contributed by atoms with E-state index in [-0.39, 0.29) is 18.4 Å². The maximum Gasteiger partial charge on any atom is 0.261 e. The molecule has 0 aromatic heterocycles. The fourth-order valence-electron chi connectivity index (χ4n) is 3.84. The van der Waals surface area contributed by atoms with Crippen LogP contribution in [0.25, 0.3) is 0 Å². The van der Waals surface area contributed by atoms with Gasteiger partial charge in [0.2, 0.25) is 5.91 Å². The molecule has 0 fully saturated rings. The third-order valence-corrected chi connectivity index (χ3v) is 6.53.